The predicted octanol–water partition coefficient (Wildman–Crippen LogP) is 4.08. The van der Waals surface area contributed by atoms with E-state index < -0.39 is 0 Å². The van der Waals surface area contributed by atoms with Gasteiger partial charge in [0, 0.05) is 41.9 Å². The van der Waals surface area contributed by atoms with Gasteiger partial charge in [-0.2, -0.15) is 0 Å². The number of carbonyl (C=O) groups excluding carboxylic acids is 2. The molecular formula is C25H24N4O4. The summed E-state index contributed by atoms with van der Waals surface area (Å²) in [7, 11) is 0. The predicted molar refractivity (Wildman–Crippen MR) is 127 cm³/mol. The summed E-state index contributed by atoms with van der Waals surface area (Å²) in [6.45, 7) is 1.97. The van der Waals surface area contributed by atoms with Gasteiger partial charge in [-0.3, -0.25) is 9.69 Å². The van der Waals surface area contributed by atoms with E-state index in [9.17, 15) is 9.59 Å². The van der Waals surface area contributed by atoms with Gasteiger partial charge < -0.3 is 25.0 Å². The average Bonchev–Trinajstić information content (AvgIpc) is 3.20. The maximum atomic E-state index is 12.9. The van der Waals surface area contributed by atoms with Crippen LogP contribution < -0.4 is 25.0 Å². The molecule has 0 radical (unpaired) electrons. The molecule has 0 saturated carbocycles. The van der Waals surface area contributed by atoms with Gasteiger partial charge in [0.1, 0.15) is 19.8 Å². The molecule has 3 aromatic carbocycles. The van der Waals surface area contributed by atoms with Crippen molar-refractivity contribution in [3.05, 3.63) is 72.8 Å². The summed E-state index contributed by atoms with van der Waals surface area (Å²) in [5.41, 5.74) is 3.32. The van der Waals surface area contributed by atoms with Gasteiger partial charge >= 0.3 is 6.03 Å². The van der Waals surface area contributed by atoms with Crippen LogP contribution in [-0.2, 0) is 4.79 Å². The van der Waals surface area contributed by atoms with Crippen LogP contribution in [0, 0.1) is 0 Å². The summed E-state index contributed by atoms with van der Waals surface area (Å²) < 4.78 is 11.2. The highest BCUT2D eigenvalue weighted by Crippen LogP contribution is 2.35. The van der Waals surface area contributed by atoms with Crippen molar-refractivity contribution in [1.29, 1.82) is 0 Å². The monoisotopic (exact) mass is 444 g/mol. The Balaban J connectivity index is 1.16. The highest BCUT2D eigenvalue weighted by molar-refractivity contribution is 5.99. The molecular weight excluding hydrogens is 420 g/mol. The van der Waals surface area contributed by atoms with E-state index in [4.69, 9.17) is 9.47 Å². The number of nitrogens with one attached hydrogen (secondary N) is 2. The third-order valence-electron chi connectivity index (χ3n) is 5.50. The first kappa shape index (κ1) is 20.7. The molecule has 8 heteroatoms. The number of ether oxygens (including phenoxy) is 2. The van der Waals surface area contributed by atoms with Gasteiger partial charge in [-0.1, -0.05) is 18.2 Å². The van der Waals surface area contributed by atoms with Crippen LogP contribution in [0.4, 0.5) is 27.5 Å². The van der Waals surface area contributed by atoms with E-state index in [1.165, 1.54) is 4.90 Å². The zero-order chi connectivity index (χ0) is 22.6. The zero-order valence-corrected chi connectivity index (χ0v) is 18.0. The van der Waals surface area contributed by atoms with Crippen LogP contribution in [0.15, 0.2) is 72.8 Å². The maximum Gasteiger partial charge on any atom is 0.325 e. The van der Waals surface area contributed by atoms with Gasteiger partial charge in [0.15, 0.2) is 11.5 Å². The molecule has 2 aliphatic rings. The highest BCUT2D eigenvalue weighted by Gasteiger charge is 2.31. The van der Waals surface area contributed by atoms with E-state index in [-0.39, 0.29) is 18.5 Å². The van der Waals surface area contributed by atoms with Gasteiger partial charge in [0.2, 0.25) is 5.91 Å². The Labute approximate surface area is 191 Å². The van der Waals surface area contributed by atoms with Crippen LogP contribution in [0.25, 0.3) is 0 Å². The molecule has 2 aliphatic heterocycles. The van der Waals surface area contributed by atoms with Crippen LogP contribution in [0.1, 0.15) is 0 Å². The quantitative estimate of drug-likeness (QED) is 0.599. The molecule has 0 spiro atoms. The largest absolute Gasteiger partial charge is 0.486 e. The standard InChI is InChI=1S/C25H24N4O4/c30-24(27-20-8-6-19(7-9-20)26-18-4-2-1-3-5-18)17-28-12-13-29(25(28)31)21-10-11-22-23(16-21)33-15-14-32-22/h1-11,16,26H,12-15,17H2,(H,27,30). The fraction of sp³-hybridized carbons (Fsp3) is 0.200. The first-order valence-electron chi connectivity index (χ1n) is 10.8. The van der Waals surface area contributed by atoms with E-state index in [1.807, 2.05) is 66.7 Å². The average molecular weight is 444 g/mol. The number of fused-ring (bicyclic) bond motifs is 1. The molecule has 33 heavy (non-hydrogen) atoms. The lowest BCUT2D eigenvalue weighted by molar-refractivity contribution is -0.116. The lowest BCUT2D eigenvalue weighted by Gasteiger charge is -2.22. The van der Waals surface area contributed by atoms with Crippen molar-refractivity contribution in [3.8, 4) is 11.5 Å². The molecule has 0 atom stereocenters. The second-order valence-corrected chi connectivity index (χ2v) is 7.80. The third-order valence-corrected chi connectivity index (χ3v) is 5.50. The summed E-state index contributed by atoms with van der Waals surface area (Å²) in [6.07, 6.45) is 0. The Kier molecular flexibility index (Phi) is 5.72. The number of rotatable bonds is 6. The fourth-order valence-corrected chi connectivity index (χ4v) is 3.87. The number of amides is 3. The first-order valence-corrected chi connectivity index (χ1v) is 10.8. The molecule has 0 aliphatic carbocycles. The highest BCUT2D eigenvalue weighted by atomic mass is 16.6. The van der Waals surface area contributed by atoms with E-state index in [2.05, 4.69) is 10.6 Å². The Morgan fingerprint density at radius 3 is 2.30 bits per heavy atom. The minimum Gasteiger partial charge on any atom is -0.486 e. The lowest BCUT2D eigenvalue weighted by Crippen LogP contribution is -2.37. The third kappa shape index (κ3) is 4.69. The summed E-state index contributed by atoms with van der Waals surface area (Å²) in [5, 5.41) is 6.16. The number of hydrogen-bond acceptors (Lipinski definition) is 5. The van der Waals surface area contributed by atoms with Crippen molar-refractivity contribution in [2.45, 2.75) is 0 Å². The van der Waals surface area contributed by atoms with Crippen molar-refractivity contribution in [3.63, 3.8) is 0 Å². The summed E-state index contributed by atoms with van der Waals surface area (Å²) >= 11 is 0. The van der Waals surface area contributed by atoms with Gasteiger partial charge in [-0.05, 0) is 48.5 Å². The molecule has 1 saturated heterocycles. The Morgan fingerprint density at radius 2 is 1.52 bits per heavy atom. The second kappa shape index (κ2) is 9.12. The minimum atomic E-state index is -0.240. The van der Waals surface area contributed by atoms with Crippen molar-refractivity contribution in [2.75, 3.05) is 48.4 Å². The zero-order valence-electron chi connectivity index (χ0n) is 18.0. The van der Waals surface area contributed by atoms with Crippen LogP contribution in [0.2, 0.25) is 0 Å². The number of benzene rings is 3. The maximum absolute atomic E-state index is 12.9. The second-order valence-electron chi connectivity index (χ2n) is 7.80. The van der Waals surface area contributed by atoms with Crippen molar-refractivity contribution < 1.29 is 19.1 Å². The smallest absolute Gasteiger partial charge is 0.325 e. The Morgan fingerprint density at radius 1 is 0.818 bits per heavy atom. The van der Waals surface area contributed by atoms with Crippen LogP contribution in [-0.4, -0.2) is 49.7 Å². The van der Waals surface area contributed by atoms with E-state index in [0.717, 1.165) is 17.1 Å². The van der Waals surface area contributed by atoms with Gasteiger partial charge in [-0.15, -0.1) is 0 Å². The van der Waals surface area contributed by atoms with Crippen LogP contribution >= 0.6 is 0 Å². The molecule has 2 heterocycles. The number of anilines is 4. The molecule has 3 amide bonds. The van der Waals surface area contributed by atoms with E-state index in [0.29, 0.717) is 43.5 Å². The Bertz CT molecular complexity index is 1150. The minimum absolute atomic E-state index is 0.0100. The number of carbonyl (C=O) groups is 2. The van der Waals surface area contributed by atoms with Crippen LogP contribution in [0.3, 0.4) is 0 Å². The number of urea groups is 1. The SMILES string of the molecule is O=C(CN1CCN(c2ccc3c(c2)OCCO3)C1=O)Nc1ccc(Nc2ccccc2)cc1. The molecule has 1 fully saturated rings. The normalized spacial score (nSPS) is 14.8. The summed E-state index contributed by atoms with van der Waals surface area (Å²) in [4.78, 5) is 28.6. The fourth-order valence-electron chi connectivity index (χ4n) is 3.87. The van der Waals surface area contributed by atoms with Crippen molar-refractivity contribution in [1.82, 2.24) is 4.90 Å². The number of para-hydroxylation sites is 1. The molecule has 5 rings (SSSR count). The molecule has 168 valence electrons. The van der Waals surface area contributed by atoms with Crippen molar-refractivity contribution >= 4 is 34.7 Å². The van der Waals surface area contributed by atoms with Crippen molar-refractivity contribution in [2.24, 2.45) is 0 Å². The van der Waals surface area contributed by atoms with Crippen LogP contribution in [0.5, 0.6) is 11.5 Å². The number of nitrogens with zero attached hydrogens (tertiary/aromatic N) is 2. The molecule has 0 unspecified atom stereocenters. The van der Waals surface area contributed by atoms with Gasteiger partial charge in [0.05, 0.1) is 0 Å². The number of hydrogen-bond donors (Lipinski definition) is 2. The Hall–Kier alpha value is -4.20. The van der Waals surface area contributed by atoms with E-state index >= 15 is 0 Å². The van der Waals surface area contributed by atoms with Gasteiger partial charge in [0.25, 0.3) is 0 Å². The molecule has 3 aromatic rings. The first-order chi connectivity index (χ1) is 16.2. The molecule has 8 nitrogen and oxygen atoms in total. The lowest BCUT2D eigenvalue weighted by atomic mass is 10.2. The van der Waals surface area contributed by atoms with E-state index in [1.54, 1.807) is 11.0 Å². The summed E-state index contributed by atoms with van der Waals surface area (Å²) in [5.74, 6) is 1.07. The van der Waals surface area contributed by atoms with Gasteiger partial charge in [-0.25, -0.2) is 4.79 Å². The molecule has 2 N–H and O–H groups in total. The molecule has 0 aromatic heterocycles. The molecule has 0 bridgehead atoms. The summed E-state index contributed by atoms with van der Waals surface area (Å²) in [6, 6.07) is 22.6. The topological polar surface area (TPSA) is 83.1 Å².